The highest BCUT2D eigenvalue weighted by molar-refractivity contribution is 5.84. The first-order valence-corrected chi connectivity index (χ1v) is 3.94. The molecule has 0 radical (unpaired) electrons. The molecule has 0 amide bonds. The van der Waals surface area contributed by atoms with Gasteiger partial charge in [0, 0.05) is 12.3 Å². The molecule has 0 N–H and O–H groups in total. The van der Waals surface area contributed by atoms with Gasteiger partial charge in [0.15, 0.2) is 0 Å². The van der Waals surface area contributed by atoms with Crippen LogP contribution in [-0.2, 0) is 4.79 Å². The lowest BCUT2D eigenvalue weighted by Crippen LogP contribution is -2.00. The van der Waals surface area contributed by atoms with Crippen molar-refractivity contribution in [1.82, 2.24) is 0 Å². The molecule has 1 aliphatic rings. The number of hydrogen-bond acceptors (Lipinski definition) is 1. The maximum atomic E-state index is 11.1. The second kappa shape index (κ2) is 3.00. The van der Waals surface area contributed by atoms with Gasteiger partial charge in [-0.25, -0.2) is 0 Å². The Balaban J connectivity index is 2.25. The summed E-state index contributed by atoms with van der Waals surface area (Å²) in [5, 5.41) is 0. The number of hydrogen-bond donors (Lipinski definition) is 0. The predicted molar refractivity (Wildman–Crippen MR) is 41.7 cm³/mol. The summed E-state index contributed by atoms with van der Waals surface area (Å²) < 4.78 is 0. The summed E-state index contributed by atoms with van der Waals surface area (Å²) in [6, 6.07) is 0. The van der Waals surface area contributed by atoms with E-state index < -0.39 is 0 Å². The average Bonchev–Trinajstić information content (AvgIpc) is 2.66. The van der Waals surface area contributed by atoms with Crippen molar-refractivity contribution >= 4 is 5.78 Å². The smallest absolute Gasteiger partial charge is 0.136 e. The molecule has 1 rings (SSSR count). The highest BCUT2D eigenvalue weighted by Crippen LogP contribution is 2.40. The van der Waals surface area contributed by atoms with Gasteiger partial charge in [-0.1, -0.05) is 13.0 Å². The molecule has 0 bridgehead atoms. The van der Waals surface area contributed by atoms with Crippen molar-refractivity contribution in [2.75, 3.05) is 0 Å². The van der Waals surface area contributed by atoms with E-state index in [1.54, 1.807) is 0 Å². The van der Waals surface area contributed by atoms with E-state index in [0.29, 0.717) is 17.6 Å². The molecule has 0 unspecified atom stereocenters. The standard InChI is InChI=1S/C9H14O/c1-3-5-9(10)8-6-7(8)4-2/h4,7-8H,2-3,5-6H2,1H3/t7-,8+/m0/s1. The van der Waals surface area contributed by atoms with Crippen LogP contribution in [0.1, 0.15) is 26.2 Å². The second-order valence-electron chi connectivity index (χ2n) is 2.96. The molecule has 10 heavy (non-hydrogen) atoms. The van der Waals surface area contributed by atoms with Crippen LogP contribution in [0.25, 0.3) is 0 Å². The molecule has 0 aliphatic heterocycles. The normalized spacial score (nSPS) is 29.7. The molecule has 1 saturated carbocycles. The van der Waals surface area contributed by atoms with Gasteiger partial charge in [0.25, 0.3) is 0 Å². The van der Waals surface area contributed by atoms with E-state index >= 15 is 0 Å². The Bertz CT molecular complexity index is 149. The van der Waals surface area contributed by atoms with Gasteiger partial charge in [-0.2, -0.15) is 0 Å². The molecule has 0 saturated heterocycles. The molecule has 1 nitrogen and oxygen atoms in total. The Morgan fingerprint density at radius 2 is 2.50 bits per heavy atom. The summed E-state index contributed by atoms with van der Waals surface area (Å²) >= 11 is 0. The van der Waals surface area contributed by atoms with Crippen LogP contribution in [0.15, 0.2) is 12.7 Å². The second-order valence-corrected chi connectivity index (χ2v) is 2.96. The van der Waals surface area contributed by atoms with Crippen molar-refractivity contribution in [2.24, 2.45) is 11.8 Å². The van der Waals surface area contributed by atoms with Gasteiger partial charge >= 0.3 is 0 Å². The van der Waals surface area contributed by atoms with Crippen LogP contribution in [0.5, 0.6) is 0 Å². The number of Topliss-reactive ketones (excluding diaryl/α,β-unsaturated/α-hetero) is 1. The van der Waals surface area contributed by atoms with Crippen molar-refractivity contribution in [3.8, 4) is 0 Å². The fraction of sp³-hybridized carbons (Fsp3) is 0.667. The maximum Gasteiger partial charge on any atom is 0.136 e. The molecule has 0 spiro atoms. The Kier molecular flexibility index (Phi) is 2.25. The molecule has 1 heteroatoms. The van der Waals surface area contributed by atoms with Gasteiger partial charge in [-0.15, -0.1) is 6.58 Å². The summed E-state index contributed by atoms with van der Waals surface area (Å²) in [7, 11) is 0. The minimum atomic E-state index is 0.345. The molecule has 0 aromatic rings. The van der Waals surface area contributed by atoms with Gasteiger partial charge in [-0.05, 0) is 18.8 Å². The van der Waals surface area contributed by atoms with Crippen LogP contribution in [0.2, 0.25) is 0 Å². The molecule has 2 atom stereocenters. The fourth-order valence-corrected chi connectivity index (χ4v) is 1.28. The minimum Gasteiger partial charge on any atom is -0.299 e. The number of rotatable bonds is 4. The zero-order valence-corrected chi connectivity index (χ0v) is 6.47. The van der Waals surface area contributed by atoms with Gasteiger partial charge < -0.3 is 0 Å². The molecule has 56 valence electrons. The quantitative estimate of drug-likeness (QED) is 0.544. The van der Waals surface area contributed by atoms with Crippen LogP contribution in [0, 0.1) is 11.8 Å². The Hall–Kier alpha value is -0.590. The summed E-state index contributed by atoms with van der Waals surface area (Å²) in [5.41, 5.74) is 0. The zero-order valence-electron chi connectivity index (χ0n) is 6.47. The Labute approximate surface area is 62.1 Å². The van der Waals surface area contributed by atoms with Gasteiger partial charge in [0.1, 0.15) is 5.78 Å². The Morgan fingerprint density at radius 3 is 2.90 bits per heavy atom. The molecular formula is C9H14O. The summed E-state index contributed by atoms with van der Waals surface area (Å²) in [5.74, 6) is 1.30. The highest BCUT2D eigenvalue weighted by Gasteiger charge is 2.39. The highest BCUT2D eigenvalue weighted by atomic mass is 16.1. The topological polar surface area (TPSA) is 17.1 Å². The first kappa shape index (κ1) is 7.52. The van der Waals surface area contributed by atoms with E-state index in [4.69, 9.17) is 0 Å². The van der Waals surface area contributed by atoms with Crippen LogP contribution in [0.4, 0.5) is 0 Å². The monoisotopic (exact) mass is 138 g/mol. The van der Waals surface area contributed by atoms with Gasteiger partial charge in [0.05, 0.1) is 0 Å². The van der Waals surface area contributed by atoms with E-state index in [2.05, 4.69) is 6.58 Å². The third-order valence-corrected chi connectivity index (χ3v) is 2.05. The number of carbonyl (C=O) groups excluding carboxylic acids is 1. The van der Waals surface area contributed by atoms with E-state index in [-0.39, 0.29) is 0 Å². The number of allylic oxidation sites excluding steroid dienone is 1. The van der Waals surface area contributed by atoms with Crippen molar-refractivity contribution in [3.05, 3.63) is 12.7 Å². The minimum absolute atomic E-state index is 0.345. The van der Waals surface area contributed by atoms with E-state index in [9.17, 15) is 4.79 Å². The van der Waals surface area contributed by atoms with Crippen molar-refractivity contribution < 1.29 is 4.79 Å². The molecule has 1 fully saturated rings. The lowest BCUT2D eigenvalue weighted by molar-refractivity contribution is -0.120. The van der Waals surface area contributed by atoms with E-state index in [1.807, 2.05) is 13.0 Å². The van der Waals surface area contributed by atoms with Gasteiger partial charge in [0.2, 0.25) is 0 Å². The van der Waals surface area contributed by atoms with Crippen LogP contribution >= 0.6 is 0 Å². The van der Waals surface area contributed by atoms with Crippen LogP contribution < -0.4 is 0 Å². The summed E-state index contributed by atoms with van der Waals surface area (Å²) in [4.78, 5) is 11.1. The number of ketones is 1. The van der Waals surface area contributed by atoms with Crippen molar-refractivity contribution in [2.45, 2.75) is 26.2 Å². The molecule has 0 heterocycles. The SMILES string of the molecule is C=C[C@H]1C[C@H]1C(=O)CCC. The third-order valence-electron chi connectivity index (χ3n) is 2.05. The van der Waals surface area contributed by atoms with E-state index in [0.717, 1.165) is 19.3 Å². The molecule has 0 aromatic heterocycles. The predicted octanol–water partition coefficient (Wildman–Crippen LogP) is 2.18. The van der Waals surface area contributed by atoms with Crippen LogP contribution in [-0.4, -0.2) is 5.78 Å². The third kappa shape index (κ3) is 1.47. The largest absolute Gasteiger partial charge is 0.299 e. The average molecular weight is 138 g/mol. The van der Waals surface area contributed by atoms with Crippen molar-refractivity contribution in [3.63, 3.8) is 0 Å². The first-order chi connectivity index (χ1) is 4.79. The molecule has 1 aliphatic carbocycles. The van der Waals surface area contributed by atoms with Gasteiger partial charge in [-0.3, -0.25) is 4.79 Å². The molecular weight excluding hydrogens is 124 g/mol. The van der Waals surface area contributed by atoms with Crippen molar-refractivity contribution in [1.29, 1.82) is 0 Å². The lowest BCUT2D eigenvalue weighted by atomic mass is 10.1. The Morgan fingerprint density at radius 1 is 1.80 bits per heavy atom. The van der Waals surface area contributed by atoms with Crippen LogP contribution in [0.3, 0.4) is 0 Å². The summed E-state index contributed by atoms with van der Waals surface area (Å²) in [6.45, 7) is 5.71. The molecule has 0 aromatic carbocycles. The zero-order chi connectivity index (χ0) is 7.56. The fourth-order valence-electron chi connectivity index (χ4n) is 1.28. The first-order valence-electron chi connectivity index (χ1n) is 3.94. The lowest BCUT2D eigenvalue weighted by Gasteiger charge is -1.92. The number of carbonyl (C=O) groups is 1. The maximum absolute atomic E-state index is 11.1. The summed E-state index contributed by atoms with van der Waals surface area (Å²) in [6.07, 6.45) is 4.70. The van der Waals surface area contributed by atoms with E-state index in [1.165, 1.54) is 0 Å².